The van der Waals surface area contributed by atoms with E-state index in [1.165, 1.54) is 13.0 Å². The van der Waals surface area contributed by atoms with Crippen molar-refractivity contribution in [3.8, 4) is 0 Å². The lowest BCUT2D eigenvalue weighted by Gasteiger charge is -2.14. The summed E-state index contributed by atoms with van der Waals surface area (Å²) >= 11 is 5.78. The largest absolute Gasteiger partial charge is 0.380 e. The maximum atomic E-state index is 5.78. The molecule has 0 bridgehead atoms. The molecule has 1 atom stereocenters. The van der Waals surface area contributed by atoms with E-state index < -0.39 is 0 Å². The Labute approximate surface area is 79.8 Å². The predicted molar refractivity (Wildman–Crippen MR) is 51.8 cm³/mol. The molecule has 0 aromatic heterocycles. The van der Waals surface area contributed by atoms with Crippen LogP contribution >= 0.6 is 11.6 Å². The zero-order chi connectivity index (χ0) is 8.81. The van der Waals surface area contributed by atoms with Gasteiger partial charge in [-0.3, -0.25) is 0 Å². The number of hydrogen-bond donors (Lipinski definition) is 0. The summed E-state index contributed by atoms with van der Waals surface area (Å²) in [5.74, 6) is 1.53. The van der Waals surface area contributed by atoms with Crippen molar-refractivity contribution in [1.29, 1.82) is 0 Å². The second-order valence-electron chi connectivity index (χ2n) is 3.31. The van der Waals surface area contributed by atoms with E-state index >= 15 is 0 Å². The van der Waals surface area contributed by atoms with E-state index in [0.29, 0.717) is 5.92 Å². The lowest BCUT2D eigenvalue weighted by molar-refractivity contribution is 0.121. The van der Waals surface area contributed by atoms with Crippen molar-refractivity contribution in [2.75, 3.05) is 38.7 Å². The summed E-state index contributed by atoms with van der Waals surface area (Å²) in [6.07, 6.45) is 1.26. The molecule has 1 heterocycles. The van der Waals surface area contributed by atoms with Crippen LogP contribution in [0.2, 0.25) is 0 Å². The van der Waals surface area contributed by atoms with Crippen LogP contribution in [-0.4, -0.2) is 43.6 Å². The highest BCUT2D eigenvalue weighted by molar-refractivity contribution is 6.18. The molecule has 0 N–H and O–H groups in total. The molecule has 1 saturated heterocycles. The Hall–Kier alpha value is 0.210. The van der Waals surface area contributed by atoms with E-state index in [9.17, 15) is 0 Å². The second kappa shape index (κ2) is 5.79. The van der Waals surface area contributed by atoms with Gasteiger partial charge in [0.2, 0.25) is 0 Å². The molecule has 0 aromatic rings. The minimum Gasteiger partial charge on any atom is -0.380 e. The van der Waals surface area contributed by atoms with Crippen LogP contribution in [0, 0.1) is 5.92 Å². The molecule has 1 aliphatic heterocycles. The van der Waals surface area contributed by atoms with E-state index in [0.717, 1.165) is 32.2 Å². The van der Waals surface area contributed by atoms with Crippen molar-refractivity contribution in [3.05, 3.63) is 0 Å². The Bertz CT molecular complexity index is 121. The zero-order valence-electron chi connectivity index (χ0n) is 7.76. The molecule has 1 aliphatic rings. The zero-order valence-corrected chi connectivity index (χ0v) is 8.52. The second-order valence-corrected chi connectivity index (χ2v) is 3.62. The maximum Gasteiger partial charge on any atom is 0.0593 e. The number of alkyl halides is 1. The van der Waals surface area contributed by atoms with Gasteiger partial charge in [-0.25, -0.2) is 0 Å². The Balaban J connectivity index is 2.03. The molecule has 2 nitrogen and oxygen atoms in total. The highest BCUT2D eigenvalue weighted by Crippen LogP contribution is 2.16. The summed E-state index contributed by atoms with van der Waals surface area (Å²) in [6.45, 7) is 7.16. The summed E-state index contributed by atoms with van der Waals surface area (Å²) in [5.41, 5.74) is 0. The quantitative estimate of drug-likeness (QED) is 0.484. The Kier molecular flexibility index (Phi) is 4.96. The fourth-order valence-corrected chi connectivity index (χ4v) is 1.83. The number of ether oxygens (including phenoxy) is 1. The SMILES string of the molecule is CCOCCN1CCC(CCl)C1. The van der Waals surface area contributed by atoms with Gasteiger partial charge >= 0.3 is 0 Å². The molecule has 0 amide bonds. The summed E-state index contributed by atoms with van der Waals surface area (Å²) in [5, 5.41) is 0. The van der Waals surface area contributed by atoms with Crippen molar-refractivity contribution >= 4 is 11.6 Å². The third-order valence-corrected chi connectivity index (χ3v) is 2.78. The van der Waals surface area contributed by atoms with E-state index in [4.69, 9.17) is 16.3 Å². The topological polar surface area (TPSA) is 12.5 Å². The van der Waals surface area contributed by atoms with Gasteiger partial charge in [-0.05, 0) is 25.8 Å². The molecule has 1 rings (SSSR count). The number of halogens is 1. The van der Waals surface area contributed by atoms with Gasteiger partial charge in [0.05, 0.1) is 6.61 Å². The molecule has 12 heavy (non-hydrogen) atoms. The van der Waals surface area contributed by atoms with Crippen molar-refractivity contribution in [2.45, 2.75) is 13.3 Å². The van der Waals surface area contributed by atoms with Crippen LogP contribution in [0.1, 0.15) is 13.3 Å². The molecule has 3 heteroatoms. The van der Waals surface area contributed by atoms with E-state index in [2.05, 4.69) is 4.90 Å². The van der Waals surface area contributed by atoms with Crippen LogP contribution in [-0.2, 0) is 4.74 Å². The molecule has 72 valence electrons. The van der Waals surface area contributed by atoms with Crippen molar-refractivity contribution in [2.24, 2.45) is 5.92 Å². The van der Waals surface area contributed by atoms with Gasteiger partial charge in [-0.2, -0.15) is 0 Å². The van der Waals surface area contributed by atoms with Crippen molar-refractivity contribution < 1.29 is 4.74 Å². The molecule has 0 spiro atoms. The highest BCUT2D eigenvalue weighted by atomic mass is 35.5. The normalized spacial score (nSPS) is 25.0. The van der Waals surface area contributed by atoms with E-state index in [1.54, 1.807) is 0 Å². The molecule has 0 aromatic carbocycles. The molecule has 0 radical (unpaired) electrons. The van der Waals surface area contributed by atoms with Crippen LogP contribution < -0.4 is 0 Å². The van der Waals surface area contributed by atoms with Crippen LogP contribution in [0.25, 0.3) is 0 Å². The molecule has 0 aliphatic carbocycles. The standard InChI is InChI=1S/C9H18ClNO/c1-2-12-6-5-11-4-3-9(7-10)8-11/h9H,2-8H2,1H3. The van der Waals surface area contributed by atoms with Gasteiger partial charge in [-0.15, -0.1) is 11.6 Å². The van der Waals surface area contributed by atoms with Crippen molar-refractivity contribution in [1.82, 2.24) is 4.90 Å². The number of likely N-dealkylation sites (tertiary alicyclic amines) is 1. The minimum atomic E-state index is 0.716. The summed E-state index contributed by atoms with van der Waals surface area (Å²) < 4.78 is 5.29. The van der Waals surface area contributed by atoms with Gasteiger partial charge in [0.25, 0.3) is 0 Å². The van der Waals surface area contributed by atoms with E-state index in [1.807, 2.05) is 6.92 Å². The highest BCUT2D eigenvalue weighted by Gasteiger charge is 2.20. The van der Waals surface area contributed by atoms with E-state index in [-0.39, 0.29) is 0 Å². The molecule has 1 fully saturated rings. The summed E-state index contributed by atoms with van der Waals surface area (Å²) in [6, 6.07) is 0. The smallest absolute Gasteiger partial charge is 0.0593 e. The lowest BCUT2D eigenvalue weighted by atomic mass is 10.2. The Morgan fingerprint density at radius 1 is 1.58 bits per heavy atom. The van der Waals surface area contributed by atoms with Crippen LogP contribution in [0.5, 0.6) is 0 Å². The number of hydrogen-bond acceptors (Lipinski definition) is 2. The summed E-state index contributed by atoms with van der Waals surface area (Å²) in [4.78, 5) is 2.43. The van der Waals surface area contributed by atoms with Crippen LogP contribution in [0.15, 0.2) is 0 Å². The van der Waals surface area contributed by atoms with Gasteiger partial charge in [0.1, 0.15) is 0 Å². The first kappa shape index (κ1) is 10.3. The van der Waals surface area contributed by atoms with Crippen molar-refractivity contribution in [3.63, 3.8) is 0 Å². The molecular weight excluding hydrogens is 174 g/mol. The van der Waals surface area contributed by atoms with Crippen LogP contribution in [0.3, 0.4) is 0 Å². The molecule has 0 saturated carbocycles. The average Bonchev–Trinajstić information content (AvgIpc) is 2.53. The average molecular weight is 192 g/mol. The van der Waals surface area contributed by atoms with Gasteiger partial charge < -0.3 is 9.64 Å². The van der Waals surface area contributed by atoms with Gasteiger partial charge in [-0.1, -0.05) is 0 Å². The minimum absolute atomic E-state index is 0.716. The predicted octanol–water partition coefficient (Wildman–Crippen LogP) is 1.58. The maximum absolute atomic E-state index is 5.78. The first-order valence-electron chi connectivity index (χ1n) is 4.73. The number of rotatable bonds is 5. The first-order valence-corrected chi connectivity index (χ1v) is 5.26. The first-order chi connectivity index (χ1) is 5.86. The third-order valence-electron chi connectivity index (χ3n) is 2.34. The fraction of sp³-hybridized carbons (Fsp3) is 1.00. The number of nitrogens with zero attached hydrogens (tertiary/aromatic N) is 1. The lowest BCUT2D eigenvalue weighted by Crippen LogP contribution is -2.25. The van der Waals surface area contributed by atoms with Gasteiger partial charge in [0, 0.05) is 25.6 Å². The van der Waals surface area contributed by atoms with Crippen LogP contribution in [0.4, 0.5) is 0 Å². The Morgan fingerprint density at radius 2 is 2.42 bits per heavy atom. The Morgan fingerprint density at radius 3 is 3.00 bits per heavy atom. The molecular formula is C9H18ClNO. The molecule has 1 unspecified atom stereocenters. The summed E-state index contributed by atoms with van der Waals surface area (Å²) in [7, 11) is 0. The third kappa shape index (κ3) is 3.30. The fourth-order valence-electron chi connectivity index (χ4n) is 1.58. The van der Waals surface area contributed by atoms with Gasteiger partial charge in [0.15, 0.2) is 0 Å². The monoisotopic (exact) mass is 191 g/mol.